The summed E-state index contributed by atoms with van der Waals surface area (Å²) < 4.78 is 9.11. The molecule has 0 bridgehead atoms. The summed E-state index contributed by atoms with van der Waals surface area (Å²) in [6.45, 7) is 2.08. The molecule has 0 saturated heterocycles. The quantitative estimate of drug-likeness (QED) is 0.319. The number of methoxy groups -OCH3 is 2. The molecule has 0 aliphatic heterocycles. The lowest BCUT2D eigenvalue weighted by Gasteiger charge is -2.20. The van der Waals surface area contributed by atoms with Crippen molar-refractivity contribution in [2.45, 2.75) is 12.5 Å². The van der Waals surface area contributed by atoms with Crippen molar-refractivity contribution in [3.8, 4) is 0 Å². The summed E-state index contributed by atoms with van der Waals surface area (Å²) in [5.41, 5.74) is 0.863. The van der Waals surface area contributed by atoms with Crippen LogP contribution in [0.2, 0.25) is 0 Å². The maximum absolute atomic E-state index is 11.0. The SMILES string of the molecule is COCCONCC(C)(O)C(=O)OC. The zero-order valence-corrected chi connectivity index (χ0v) is 8.70. The number of aliphatic hydroxyl groups is 1. The van der Waals surface area contributed by atoms with E-state index in [9.17, 15) is 9.90 Å². The number of hydrogen-bond acceptors (Lipinski definition) is 6. The Morgan fingerprint density at radius 1 is 1.43 bits per heavy atom. The van der Waals surface area contributed by atoms with Crippen LogP contribution in [-0.4, -0.2) is 50.7 Å². The lowest BCUT2D eigenvalue weighted by molar-refractivity contribution is -0.162. The second kappa shape index (κ2) is 6.72. The molecule has 0 aromatic carbocycles. The van der Waals surface area contributed by atoms with Crippen LogP contribution in [0.1, 0.15) is 6.92 Å². The van der Waals surface area contributed by atoms with E-state index in [1.807, 2.05) is 0 Å². The van der Waals surface area contributed by atoms with E-state index in [1.165, 1.54) is 14.0 Å². The van der Waals surface area contributed by atoms with Crippen LogP contribution in [-0.2, 0) is 19.1 Å². The molecule has 0 aromatic heterocycles. The van der Waals surface area contributed by atoms with Crippen molar-refractivity contribution in [3.05, 3.63) is 0 Å². The van der Waals surface area contributed by atoms with Crippen LogP contribution < -0.4 is 5.48 Å². The van der Waals surface area contributed by atoms with Crippen molar-refractivity contribution in [2.75, 3.05) is 34.0 Å². The van der Waals surface area contributed by atoms with E-state index < -0.39 is 11.6 Å². The first-order chi connectivity index (χ1) is 6.54. The fourth-order valence-electron chi connectivity index (χ4n) is 0.681. The first-order valence-electron chi connectivity index (χ1n) is 4.19. The molecule has 1 atom stereocenters. The van der Waals surface area contributed by atoms with Crippen molar-refractivity contribution < 1.29 is 24.2 Å². The van der Waals surface area contributed by atoms with Crippen molar-refractivity contribution in [2.24, 2.45) is 0 Å². The van der Waals surface area contributed by atoms with Gasteiger partial charge in [0.1, 0.15) is 0 Å². The predicted octanol–water partition coefficient (Wildman–Crippen LogP) is -0.922. The molecule has 0 aromatic rings. The van der Waals surface area contributed by atoms with Crippen LogP contribution in [0.5, 0.6) is 0 Å². The molecule has 0 radical (unpaired) electrons. The lowest BCUT2D eigenvalue weighted by atomic mass is 10.1. The summed E-state index contributed by atoms with van der Waals surface area (Å²) >= 11 is 0. The van der Waals surface area contributed by atoms with E-state index in [1.54, 1.807) is 7.11 Å². The van der Waals surface area contributed by atoms with Gasteiger partial charge in [0.2, 0.25) is 0 Å². The highest BCUT2D eigenvalue weighted by molar-refractivity contribution is 5.78. The maximum Gasteiger partial charge on any atom is 0.338 e. The highest BCUT2D eigenvalue weighted by Gasteiger charge is 2.31. The first-order valence-corrected chi connectivity index (χ1v) is 4.19. The Hall–Kier alpha value is -0.690. The summed E-state index contributed by atoms with van der Waals surface area (Å²) in [7, 11) is 2.76. The van der Waals surface area contributed by atoms with Gasteiger partial charge in [0, 0.05) is 7.11 Å². The third-order valence-electron chi connectivity index (χ3n) is 1.53. The smallest absolute Gasteiger partial charge is 0.338 e. The number of carbonyl (C=O) groups is 1. The topological polar surface area (TPSA) is 77.0 Å². The minimum absolute atomic E-state index is 0.0383. The summed E-state index contributed by atoms with van der Waals surface area (Å²) in [5, 5.41) is 9.49. The summed E-state index contributed by atoms with van der Waals surface area (Å²) in [6, 6.07) is 0. The van der Waals surface area contributed by atoms with Crippen LogP contribution in [0, 0.1) is 0 Å². The zero-order chi connectivity index (χ0) is 11.0. The minimum atomic E-state index is -1.58. The molecule has 6 heteroatoms. The highest BCUT2D eigenvalue weighted by Crippen LogP contribution is 2.03. The van der Waals surface area contributed by atoms with Gasteiger partial charge in [-0.1, -0.05) is 0 Å². The Morgan fingerprint density at radius 2 is 2.07 bits per heavy atom. The molecule has 0 fully saturated rings. The second-order valence-electron chi connectivity index (χ2n) is 2.93. The summed E-state index contributed by atoms with van der Waals surface area (Å²) in [6.07, 6.45) is 0. The number of hydrogen-bond donors (Lipinski definition) is 2. The van der Waals surface area contributed by atoms with Crippen LogP contribution in [0.15, 0.2) is 0 Å². The fraction of sp³-hybridized carbons (Fsp3) is 0.875. The first kappa shape index (κ1) is 13.3. The van der Waals surface area contributed by atoms with Crippen molar-refractivity contribution in [1.29, 1.82) is 0 Å². The molecule has 0 aliphatic rings. The Bertz CT molecular complexity index is 171. The molecule has 0 aliphatic carbocycles. The Balaban J connectivity index is 3.60. The average Bonchev–Trinajstić information content (AvgIpc) is 2.16. The molecule has 6 nitrogen and oxygen atoms in total. The Kier molecular flexibility index (Phi) is 6.39. The van der Waals surface area contributed by atoms with Crippen LogP contribution >= 0.6 is 0 Å². The summed E-state index contributed by atoms with van der Waals surface area (Å²) in [4.78, 5) is 15.8. The van der Waals surface area contributed by atoms with E-state index in [4.69, 9.17) is 9.57 Å². The molecule has 14 heavy (non-hydrogen) atoms. The number of rotatable bonds is 7. The Labute approximate surface area is 83.1 Å². The molecular weight excluding hydrogens is 190 g/mol. The van der Waals surface area contributed by atoms with Crippen molar-refractivity contribution >= 4 is 5.97 Å². The van der Waals surface area contributed by atoms with Gasteiger partial charge in [-0.15, -0.1) is 0 Å². The van der Waals surface area contributed by atoms with Gasteiger partial charge < -0.3 is 14.6 Å². The van der Waals surface area contributed by atoms with Gasteiger partial charge in [0.25, 0.3) is 0 Å². The molecular formula is C8H17NO5. The third kappa shape index (κ3) is 5.13. The summed E-state index contributed by atoms with van der Waals surface area (Å²) in [5.74, 6) is -0.708. The standard InChI is InChI=1S/C8H17NO5/c1-8(11,7(10)13-3)6-9-14-5-4-12-2/h9,11H,4-6H2,1-3H3. The Morgan fingerprint density at radius 3 is 2.57 bits per heavy atom. The molecule has 0 rings (SSSR count). The van der Waals surface area contributed by atoms with E-state index in [2.05, 4.69) is 10.2 Å². The zero-order valence-electron chi connectivity index (χ0n) is 8.70. The van der Waals surface area contributed by atoms with E-state index in [0.717, 1.165) is 0 Å². The fourth-order valence-corrected chi connectivity index (χ4v) is 0.681. The van der Waals surface area contributed by atoms with Crippen LogP contribution in [0.4, 0.5) is 0 Å². The third-order valence-corrected chi connectivity index (χ3v) is 1.53. The molecule has 1 unspecified atom stereocenters. The van der Waals surface area contributed by atoms with Crippen LogP contribution in [0.3, 0.4) is 0 Å². The number of ether oxygens (including phenoxy) is 2. The number of esters is 1. The lowest BCUT2D eigenvalue weighted by Crippen LogP contribution is -2.45. The highest BCUT2D eigenvalue weighted by atomic mass is 16.7. The molecule has 0 heterocycles. The number of carbonyl (C=O) groups excluding carboxylic acids is 1. The van der Waals surface area contributed by atoms with Crippen molar-refractivity contribution in [1.82, 2.24) is 5.48 Å². The second-order valence-corrected chi connectivity index (χ2v) is 2.93. The molecule has 84 valence electrons. The van der Waals surface area contributed by atoms with Crippen LogP contribution in [0.25, 0.3) is 0 Å². The van der Waals surface area contributed by atoms with Gasteiger partial charge in [-0.25, -0.2) is 4.79 Å². The molecule has 0 amide bonds. The van der Waals surface area contributed by atoms with E-state index in [-0.39, 0.29) is 6.54 Å². The van der Waals surface area contributed by atoms with Gasteiger partial charge >= 0.3 is 5.97 Å². The van der Waals surface area contributed by atoms with Gasteiger partial charge in [-0.05, 0) is 6.92 Å². The number of hydroxylamine groups is 1. The van der Waals surface area contributed by atoms with Gasteiger partial charge in [0.05, 0.1) is 26.9 Å². The van der Waals surface area contributed by atoms with Gasteiger partial charge in [-0.3, -0.25) is 4.84 Å². The van der Waals surface area contributed by atoms with Crippen molar-refractivity contribution in [3.63, 3.8) is 0 Å². The average molecular weight is 207 g/mol. The normalized spacial score (nSPS) is 14.9. The van der Waals surface area contributed by atoms with Gasteiger partial charge in [-0.2, -0.15) is 5.48 Å². The minimum Gasteiger partial charge on any atom is -0.467 e. The molecule has 0 saturated carbocycles. The predicted molar refractivity (Wildman–Crippen MR) is 48.5 cm³/mol. The van der Waals surface area contributed by atoms with Gasteiger partial charge in [0.15, 0.2) is 5.60 Å². The number of nitrogens with one attached hydrogen (secondary N) is 1. The molecule has 2 N–H and O–H groups in total. The monoisotopic (exact) mass is 207 g/mol. The maximum atomic E-state index is 11.0. The largest absolute Gasteiger partial charge is 0.467 e. The van der Waals surface area contributed by atoms with E-state index >= 15 is 0 Å². The molecule has 0 spiro atoms. The van der Waals surface area contributed by atoms with E-state index in [0.29, 0.717) is 13.2 Å².